The van der Waals surface area contributed by atoms with Crippen LogP contribution < -0.4 is 0 Å². The Morgan fingerprint density at radius 3 is 3.30 bits per heavy atom. The van der Waals surface area contributed by atoms with Gasteiger partial charge < -0.3 is 4.74 Å². The fourth-order valence-corrected chi connectivity index (χ4v) is 1.63. The van der Waals surface area contributed by atoms with Crippen molar-refractivity contribution in [2.24, 2.45) is 5.92 Å². The first-order chi connectivity index (χ1) is 4.86. The molecule has 0 N–H and O–H groups in total. The lowest BCUT2D eigenvalue weighted by molar-refractivity contribution is -0.140. The van der Waals surface area contributed by atoms with Crippen LogP contribution in [0.4, 0.5) is 0 Å². The number of hydrogen-bond donors (Lipinski definition) is 0. The number of allylic oxidation sites excluding steroid dienone is 1. The van der Waals surface area contributed by atoms with Gasteiger partial charge in [-0.25, -0.2) is 0 Å². The molecule has 0 amide bonds. The van der Waals surface area contributed by atoms with Crippen molar-refractivity contribution >= 4 is 5.97 Å². The van der Waals surface area contributed by atoms with Crippen molar-refractivity contribution in [3.8, 4) is 0 Å². The average Bonchev–Trinajstić information content (AvgIpc) is 2.27. The molecule has 1 heterocycles. The van der Waals surface area contributed by atoms with E-state index in [4.69, 9.17) is 4.74 Å². The van der Waals surface area contributed by atoms with E-state index in [1.165, 1.54) is 0 Å². The summed E-state index contributed by atoms with van der Waals surface area (Å²) >= 11 is 0. The van der Waals surface area contributed by atoms with Crippen LogP contribution in [-0.4, -0.2) is 12.1 Å². The predicted molar refractivity (Wildman–Crippen MR) is 36.4 cm³/mol. The van der Waals surface area contributed by atoms with Gasteiger partial charge in [-0.3, -0.25) is 4.79 Å². The first kappa shape index (κ1) is 5.96. The first-order valence-electron chi connectivity index (χ1n) is 3.72. The van der Waals surface area contributed by atoms with Gasteiger partial charge >= 0.3 is 5.97 Å². The summed E-state index contributed by atoms with van der Waals surface area (Å²) in [4.78, 5) is 10.8. The number of fused-ring (bicyclic) bond motifs is 1. The lowest BCUT2D eigenvalue weighted by atomic mass is 9.91. The van der Waals surface area contributed by atoms with Gasteiger partial charge in [0.05, 0.1) is 6.42 Å². The second-order valence-corrected chi connectivity index (χ2v) is 2.92. The largest absolute Gasteiger partial charge is 0.458 e. The maximum Gasteiger partial charge on any atom is 0.306 e. The first-order valence-corrected chi connectivity index (χ1v) is 3.72. The van der Waals surface area contributed by atoms with E-state index in [-0.39, 0.29) is 12.1 Å². The fourth-order valence-electron chi connectivity index (χ4n) is 1.63. The Kier molecular flexibility index (Phi) is 1.26. The Labute approximate surface area is 59.9 Å². The highest BCUT2D eigenvalue weighted by atomic mass is 16.5. The molecule has 0 aromatic carbocycles. The minimum atomic E-state index is -0.0263. The molecule has 0 saturated carbocycles. The lowest BCUT2D eigenvalue weighted by Crippen LogP contribution is -2.15. The molecule has 0 spiro atoms. The highest BCUT2D eigenvalue weighted by Crippen LogP contribution is 2.30. The van der Waals surface area contributed by atoms with Gasteiger partial charge in [-0.05, 0) is 18.9 Å². The number of ether oxygens (including phenoxy) is 1. The molecular weight excluding hydrogens is 128 g/mol. The molecule has 2 aliphatic rings. The van der Waals surface area contributed by atoms with Crippen molar-refractivity contribution in [3.63, 3.8) is 0 Å². The summed E-state index contributed by atoms with van der Waals surface area (Å²) < 4.78 is 5.04. The van der Waals surface area contributed by atoms with E-state index < -0.39 is 0 Å². The maximum absolute atomic E-state index is 10.8. The van der Waals surface area contributed by atoms with Gasteiger partial charge in [0.2, 0.25) is 0 Å². The summed E-state index contributed by atoms with van der Waals surface area (Å²) in [6.07, 6.45) is 7.08. The third kappa shape index (κ3) is 0.838. The molecule has 1 aliphatic heterocycles. The molecule has 0 aromatic heterocycles. The normalized spacial score (nSPS) is 37.4. The monoisotopic (exact) mass is 138 g/mol. The van der Waals surface area contributed by atoms with Crippen molar-refractivity contribution < 1.29 is 9.53 Å². The van der Waals surface area contributed by atoms with Crippen LogP contribution >= 0.6 is 0 Å². The van der Waals surface area contributed by atoms with Crippen LogP contribution in [0.2, 0.25) is 0 Å². The third-order valence-electron chi connectivity index (χ3n) is 2.19. The van der Waals surface area contributed by atoms with Gasteiger partial charge in [0.1, 0.15) is 6.10 Å². The summed E-state index contributed by atoms with van der Waals surface area (Å²) in [5.41, 5.74) is 0. The van der Waals surface area contributed by atoms with Crippen molar-refractivity contribution in [2.45, 2.75) is 25.4 Å². The molecule has 10 heavy (non-hydrogen) atoms. The van der Waals surface area contributed by atoms with Crippen LogP contribution in [0.3, 0.4) is 0 Å². The second-order valence-electron chi connectivity index (χ2n) is 2.92. The van der Waals surface area contributed by atoms with E-state index in [2.05, 4.69) is 6.08 Å². The van der Waals surface area contributed by atoms with Crippen molar-refractivity contribution in [1.29, 1.82) is 0 Å². The van der Waals surface area contributed by atoms with Crippen molar-refractivity contribution in [2.75, 3.05) is 0 Å². The molecule has 0 bridgehead atoms. The van der Waals surface area contributed by atoms with E-state index in [0.717, 1.165) is 12.8 Å². The van der Waals surface area contributed by atoms with E-state index in [1.54, 1.807) is 0 Å². The van der Waals surface area contributed by atoms with Gasteiger partial charge in [-0.1, -0.05) is 6.08 Å². The highest BCUT2D eigenvalue weighted by molar-refractivity contribution is 5.72. The lowest BCUT2D eigenvalue weighted by Gasteiger charge is -2.16. The fraction of sp³-hybridized carbons (Fsp3) is 0.625. The molecule has 2 heteroatoms. The minimum absolute atomic E-state index is 0.0263. The van der Waals surface area contributed by atoms with Crippen LogP contribution in [0.1, 0.15) is 19.3 Å². The van der Waals surface area contributed by atoms with Crippen molar-refractivity contribution in [3.05, 3.63) is 12.2 Å². The van der Waals surface area contributed by atoms with Crippen LogP contribution in [0.5, 0.6) is 0 Å². The average molecular weight is 138 g/mol. The molecule has 0 aromatic rings. The number of carbonyl (C=O) groups excluding carboxylic acids is 1. The molecule has 0 unspecified atom stereocenters. The van der Waals surface area contributed by atoms with Gasteiger partial charge in [0.15, 0.2) is 0 Å². The molecular formula is C8H10O2. The van der Waals surface area contributed by atoms with E-state index >= 15 is 0 Å². The van der Waals surface area contributed by atoms with Crippen molar-refractivity contribution in [1.82, 2.24) is 0 Å². The summed E-state index contributed by atoms with van der Waals surface area (Å²) in [7, 11) is 0. The van der Waals surface area contributed by atoms with Gasteiger partial charge in [0.25, 0.3) is 0 Å². The summed E-state index contributed by atoms with van der Waals surface area (Å²) in [5.74, 6) is 0.457. The smallest absolute Gasteiger partial charge is 0.306 e. The summed E-state index contributed by atoms with van der Waals surface area (Å²) in [5, 5.41) is 0. The second kappa shape index (κ2) is 2.11. The topological polar surface area (TPSA) is 26.3 Å². The molecule has 0 radical (unpaired) electrons. The van der Waals surface area contributed by atoms with Gasteiger partial charge in [0, 0.05) is 5.92 Å². The third-order valence-corrected chi connectivity index (χ3v) is 2.19. The summed E-state index contributed by atoms with van der Waals surface area (Å²) in [6.45, 7) is 0. The standard InChI is InChI=1S/C8H10O2/c9-8-5-6-3-1-2-4-7(6)10-8/h2,4,6-7H,1,3,5H2/t6-,7-/m1/s1. The zero-order valence-electron chi connectivity index (χ0n) is 5.75. The highest BCUT2D eigenvalue weighted by Gasteiger charge is 2.33. The maximum atomic E-state index is 10.8. The SMILES string of the molecule is O=C1C[C@H]2CCC=C[C@H]2O1. The number of carbonyl (C=O) groups is 1. The van der Waals surface area contributed by atoms with Gasteiger partial charge in [-0.15, -0.1) is 0 Å². The molecule has 1 fully saturated rings. The van der Waals surface area contributed by atoms with Gasteiger partial charge in [-0.2, -0.15) is 0 Å². The molecule has 1 aliphatic carbocycles. The zero-order chi connectivity index (χ0) is 6.97. The zero-order valence-corrected chi connectivity index (χ0v) is 5.75. The van der Waals surface area contributed by atoms with Crippen LogP contribution in [0, 0.1) is 5.92 Å². The Morgan fingerprint density at radius 2 is 2.50 bits per heavy atom. The molecule has 2 atom stereocenters. The minimum Gasteiger partial charge on any atom is -0.458 e. The summed E-state index contributed by atoms with van der Waals surface area (Å²) in [6, 6.07) is 0. The van der Waals surface area contributed by atoms with Crippen LogP contribution in [-0.2, 0) is 9.53 Å². The quantitative estimate of drug-likeness (QED) is 0.372. The Morgan fingerprint density at radius 1 is 1.60 bits per heavy atom. The number of hydrogen-bond acceptors (Lipinski definition) is 2. The Bertz CT molecular complexity index is 184. The Balaban J connectivity index is 2.15. The predicted octanol–water partition coefficient (Wildman–Crippen LogP) is 1.27. The molecule has 2 nitrogen and oxygen atoms in total. The molecule has 1 saturated heterocycles. The van der Waals surface area contributed by atoms with E-state index in [0.29, 0.717) is 12.3 Å². The van der Waals surface area contributed by atoms with E-state index in [9.17, 15) is 4.79 Å². The number of rotatable bonds is 0. The van der Waals surface area contributed by atoms with Crippen LogP contribution in [0.15, 0.2) is 12.2 Å². The van der Waals surface area contributed by atoms with Crippen LogP contribution in [0.25, 0.3) is 0 Å². The molecule has 54 valence electrons. The van der Waals surface area contributed by atoms with E-state index in [1.807, 2.05) is 6.08 Å². The molecule has 2 rings (SSSR count). The Hall–Kier alpha value is -0.790. The number of esters is 1.